The molecule has 5 nitrogen and oxygen atoms in total. The van der Waals surface area contributed by atoms with Crippen molar-refractivity contribution in [2.24, 2.45) is 5.10 Å². The monoisotopic (exact) mass is 324 g/mol. The molecule has 0 atom stereocenters. The Hall–Kier alpha value is -2.92. The molecule has 3 aromatic rings. The molecule has 0 aliphatic heterocycles. The second kappa shape index (κ2) is 6.89. The summed E-state index contributed by atoms with van der Waals surface area (Å²) in [7, 11) is 0. The molecule has 0 aliphatic rings. The highest BCUT2D eigenvalue weighted by molar-refractivity contribution is 6.29. The maximum atomic E-state index is 9.24. The van der Waals surface area contributed by atoms with Crippen LogP contribution in [0.3, 0.4) is 0 Å². The maximum Gasteiger partial charge on any atom is 0.163 e. The second-order valence-corrected chi connectivity index (χ2v) is 5.11. The fraction of sp³-hybridized carbons (Fsp3) is 0. The molecule has 0 spiro atoms. The Morgan fingerprint density at radius 3 is 2.48 bits per heavy atom. The third-order valence-corrected chi connectivity index (χ3v) is 3.21. The molecule has 1 heterocycles. The number of hydrazone groups is 1. The Morgan fingerprint density at radius 1 is 1.00 bits per heavy atom. The smallest absolute Gasteiger partial charge is 0.163 e. The van der Waals surface area contributed by atoms with Gasteiger partial charge in [-0.3, -0.25) is 5.43 Å². The normalized spacial score (nSPS) is 10.8. The molecule has 1 aromatic heterocycles. The maximum absolute atomic E-state index is 9.24. The average molecular weight is 325 g/mol. The van der Waals surface area contributed by atoms with Crippen molar-refractivity contribution in [3.63, 3.8) is 0 Å². The quantitative estimate of drug-likeness (QED) is 0.433. The molecule has 114 valence electrons. The van der Waals surface area contributed by atoms with Crippen molar-refractivity contribution in [1.82, 2.24) is 9.97 Å². The minimum absolute atomic E-state index is 0.213. The van der Waals surface area contributed by atoms with Gasteiger partial charge in [0.15, 0.2) is 11.6 Å². The van der Waals surface area contributed by atoms with Gasteiger partial charge in [-0.05, 0) is 29.8 Å². The summed E-state index contributed by atoms with van der Waals surface area (Å²) < 4.78 is 0. The molecule has 0 fully saturated rings. The van der Waals surface area contributed by atoms with Crippen LogP contribution in [0.15, 0.2) is 65.8 Å². The van der Waals surface area contributed by atoms with Crippen LogP contribution in [0.2, 0.25) is 5.15 Å². The first-order valence-electron chi connectivity index (χ1n) is 6.89. The molecule has 0 saturated carbocycles. The van der Waals surface area contributed by atoms with Gasteiger partial charge >= 0.3 is 0 Å². The summed E-state index contributed by atoms with van der Waals surface area (Å²) in [4.78, 5) is 8.60. The SMILES string of the molecule is Oc1ccc(/C=N/Nc2cc(Cl)nc(-c3ccccc3)n2)cc1. The summed E-state index contributed by atoms with van der Waals surface area (Å²) in [5, 5.41) is 13.7. The first kappa shape index (κ1) is 15.0. The Labute approximate surface area is 138 Å². The van der Waals surface area contributed by atoms with Crippen LogP contribution < -0.4 is 5.43 Å². The summed E-state index contributed by atoms with van der Waals surface area (Å²) in [5.41, 5.74) is 4.55. The van der Waals surface area contributed by atoms with Crippen LogP contribution in [0.1, 0.15) is 5.56 Å². The average Bonchev–Trinajstić information content (AvgIpc) is 2.57. The molecule has 0 amide bonds. The van der Waals surface area contributed by atoms with E-state index in [0.29, 0.717) is 16.8 Å². The number of benzene rings is 2. The summed E-state index contributed by atoms with van der Waals surface area (Å²) in [6.07, 6.45) is 1.62. The summed E-state index contributed by atoms with van der Waals surface area (Å²) >= 11 is 6.04. The lowest BCUT2D eigenvalue weighted by Crippen LogP contribution is -1.97. The largest absolute Gasteiger partial charge is 0.508 e. The summed E-state index contributed by atoms with van der Waals surface area (Å²) in [6.45, 7) is 0. The van der Waals surface area contributed by atoms with Crippen LogP contribution in [0.4, 0.5) is 5.82 Å². The number of rotatable bonds is 4. The van der Waals surface area contributed by atoms with Gasteiger partial charge in [-0.25, -0.2) is 9.97 Å². The highest BCUT2D eigenvalue weighted by atomic mass is 35.5. The lowest BCUT2D eigenvalue weighted by atomic mass is 10.2. The zero-order valence-corrected chi connectivity index (χ0v) is 12.8. The van der Waals surface area contributed by atoms with E-state index in [1.807, 2.05) is 30.3 Å². The second-order valence-electron chi connectivity index (χ2n) is 4.73. The van der Waals surface area contributed by atoms with Gasteiger partial charge in [-0.1, -0.05) is 41.9 Å². The summed E-state index contributed by atoms with van der Waals surface area (Å²) in [6, 6.07) is 17.9. The molecule has 0 unspecified atom stereocenters. The van der Waals surface area contributed by atoms with E-state index in [0.717, 1.165) is 11.1 Å². The van der Waals surface area contributed by atoms with Gasteiger partial charge in [0, 0.05) is 11.6 Å². The van der Waals surface area contributed by atoms with Crippen LogP contribution in [0, 0.1) is 0 Å². The third-order valence-electron chi connectivity index (χ3n) is 3.01. The van der Waals surface area contributed by atoms with E-state index in [1.165, 1.54) is 0 Å². The van der Waals surface area contributed by atoms with Crippen LogP contribution in [-0.4, -0.2) is 21.3 Å². The minimum atomic E-state index is 0.213. The predicted molar refractivity (Wildman–Crippen MR) is 91.8 cm³/mol. The van der Waals surface area contributed by atoms with Crippen molar-refractivity contribution in [2.45, 2.75) is 0 Å². The van der Waals surface area contributed by atoms with E-state index in [1.54, 1.807) is 36.5 Å². The van der Waals surface area contributed by atoms with Gasteiger partial charge in [0.25, 0.3) is 0 Å². The molecule has 0 saturated heterocycles. The van der Waals surface area contributed by atoms with Gasteiger partial charge < -0.3 is 5.11 Å². The number of phenolic OH excluding ortho intramolecular Hbond substituents is 1. The first-order valence-corrected chi connectivity index (χ1v) is 7.26. The molecule has 0 aliphatic carbocycles. The van der Waals surface area contributed by atoms with Crippen molar-refractivity contribution >= 4 is 23.6 Å². The van der Waals surface area contributed by atoms with Crippen molar-refractivity contribution in [3.8, 4) is 17.1 Å². The van der Waals surface area contributed by atoms with Gasteiger partial charge in [0.1, 0.15) is 10.9 Å². The number of nitrogens with zero attached hydrogens (tertiary/aromatic N) is 3. The zero-order chi connectivity index (χ0) is 16.1. The molecule has 2 N–H and O–H groups in total. The van der Waals surface area contributed by atoms with Crippen LogP contribution in [0.25, 0.3) is 11.4 Å². The molecule has 23 heavy (non-hydrogen) atoms. The van der Waals surface area contributed by atoms with Crippen molar-refractivity contribution < 1.29 is 5.11 Å². The highest BCUT2D eigenvalue weighted by Crippen LogP contribution is 2.20. The van der Waals surface area contributed by atoms with E-state index in [2.05, 4.69) is 20.5 Å². The molecule has 0 radical (unpaired) electrons. The van der Waals surface area contributed by atoms with E-state index in [-0.39, 0.29) is 5.75 Å². The minimum Gasteiger partial charge on any atom is -0.508 e. The topological polar surface area (TPSA) is 70.4 Å². The van der Waals surface area contributed by atoms with Gasteiger partial charge in [-0.15, -0.1) is 0 Å². The Kier molecular flexibility index (Phi) is 4.49. The van der Waals surface area contributed by atoms with Crippen molar-refractivity contribution in [2.75, 3.05) is 5.43 Å². The Bertz CT molecular complexity index is 820. The molecular formula is C17H13ClN4O. The van der Waals surface area contributed by atoms with Crippen LogP contribution in [-0.2, 0) is 0 Å². The highest BCUT2D eigenvalue weighted by Gasteiger charge is 2.04. The van der Waals surface area contributed by atoms with Crippen LogP contribution >= 0.6 is 11.6 Å². The number of aromatic hydroxyl groups is 1. The van der Waals surface area contributed by atoms with E-state index < -0.39 is 0 Å². The van der Waals surface area contributed by atoms with Gasteiger partial charge in [0.05, 0.1) is 6.21 Å². The number of aromatic nitrogens is 2. The Morgan fingerprint density at radius 2 is 1.74 bits per heavy atom. The number of phenols is 1. The molecule has 3 rings (SSSR count). The number of anilines is 1. The number of nitrogens with one attached hydrogen (secondary N) is 1. The number of hydrogen-bond donors (Lipinski definition) is 2. The lowest BCUT2D eigenvalue weighted by molar-refractivity contribution is 0.475. The molecule has 6 heteroatoms. The van der Waals surface area contributed by atoms with E-state index >= 15 is 0 Å². The third kappa shape index (κ3) is 4.05. The van der Waals surface area contributed by atoms with E-state index in [9.17, 15) is 5.11 Å². The molecule has 2 aromatic carbocycles. The predicted octanol–water partition coefficient (Wildman–Crippen LogP) is 3.95. The standard InChI is InChI=1S/C17H13ClN4O/c18-15-10-16(21-17(20-15)13-4-2-1-3-5-13)22-19-11-12-6-8-14(23)9-7-12/h1-11,23H,(H,20,21,22)/b19-11+. The molecular weight excluding hydrogens is 312 g/mol. The van der Waals surface area contributed by atoms with Gasteiger partial charge in [0.2, 0.25) is 0 Å². The van der Waals surface area contributed by atoms with Crippen LogP contribution in [0.5, 0.6) is 5.75 Å². The van der Waals surface area contributed by atoms with Crippen molar-refractivity contribution in [3.05, 3.63) is 71.4 Å². The fourth-order valence-corrected chi connectivity index (χ4v) is 2.11. The molecule has 0 bridgehead atoms. The van der Waals surface area contributed by atoms with Crippen molar-refractivity contribution in [1.29, 1.82) is 0 Å². The lowest BCUT2D eigenvalue weighted by Gasteiger charge is -2.04. The van der Waals surface area contributed by atoms with Gasteiger partial charge in [-0.2, -0.15) is 5.10 Å². The fourth-order valence-electron chi connectivity index (χ4n) is 1.92. The Balaban J connectivity index is 1.78. The summed E-state index contributed by atoms with van der Waals surface area (Å²) in [5.74, 6) is 1.24. The van der Waals surface area contributed by atoms with E-state index in [4.69, 9.17) is 11.6 Å². The number of hydrogen-bond acceptors (Lipinski definition) is 5. The first-order chi connectivity index (χ1) is 11.2. The zero-order valence-electron chi connectivity index (χ0n) is 12.0. The number of halogens is 1.